The molecule has 0 rings (SSSR count). The minimum atomic E-state index is 0.0788. The fourth-order valence-corrected chi connectivity index (χ4v) is 1.61. The molecule has 1 atom stereocenters. The first kappa shape index (κ1) is 15.4. The second kappa shape index (κ2) is 7.63. The highest BCUT2D eigenvalue weighted by atomic mass is 16.5. The second-order valence-electron chi connectivity index (χ2n) is 5.13. The van der Waals surface area contributed by atoms with Gasteiger partial charge in [-0.25, -0.2) is 0 Å². The lowest BCUT2D eigenvalue weighted by Gasteiger charge is -2.23. The topological polar surface area (TPSA) is 64.3 Å². The van der Waals surface area contributed by atoms with E-state index in [-0.39, 0.29) is 17.4 Å². The standard InChI is InChI=1S/C12H26N2O2/c1-10(9-16-4)14-11(15)5-6-12(2,3)7-8-13/h10H,5-9,13H2,1-4H3,(H,14,15). The molecule has 1 unspecified atom stereocenters. The van der Waals surface area contributed by atoms with Crippen molar-refractivity contribution >= 4 is 5.91 Å². The van der Waals surface area contributed by atoms with Gasteiger partial charge in [0.15, 0.2) is 0 Å². The molecule has 0 spiro atoms. The molecule has 96 valence electrons. The summed E-state index contributed by atoms with van der Waals surface area (Å²) in [7, 11) is 1.63. The molecular weight excluding hydrogens is 204 g/mol. The van der Waals surface area contributed by atoms with E-state index in [1.54, 1.807) is 7.11 Å². The zero-order chi connectivity index (χ0) is 12.6. The third-order valence-corrected chi connectivity index (χ3v) is 2.67. The molecule has 0 saturated heterocycles. The summed E-state index contributed by atoms with van der Waals surface area (Å²) in [5.74, 6) is 0.0923. The first-order valence-corrected chi connectivity index (χ1v) is 5.89. The second-order valence-corrected chi connectivity index (χ2v) is 5.13. The normalized spacial score (nSPS) is 13.6. The number of nitrogens with one attached hydrogen (secondary N) is 1. The van der Waals surface area contributed by atoms with Crippen LogP contribution in [0.2, 0.25) is 0 Å². The van der Waals surface area contributed by atoms with E-state index in [1.807, 2.05) is 6.92 Å². The van der Waals surface area contributed by atoms with Crippen LogP contribution in [0.3, 0.4) is 0 Å². The maximum atomic E-state index is 11.6. The van der Waals surface area contributed by atoms with Gasteiger partial charge < -0.3 is 15.8 Å². The molecule has 0 aromatic heterocycles. The van der Waals surface area contributed by atoms with E-state index in [2.05, 4.69) is 19.2 Å². The number of rotatable bonds is 8. The molecule has 3 N–H and O–H groups in total. The average Bonchev–Trinajstić information content (AvgIpc) is 2.15. The molecule has 4 nitrogen and oxygen atoms in total. The van der Waals surface area contributed by atoms with Gasteiger partial charge in [-0.15, -0.1) is 0 Å². The highest BCUT2D eigenvalue weighted by molar-refractivity contribution is 5.76. The smallest absolute Gasteiger partial charge is 0.220 e. The van der Waals surface area contributed by atoms with Crippen LogP contribution in [-0.2, 0) is 9.53 Å². The average molecular weight is 230 g/mol. The Morgan fingerprint density at radius 1 is 1.44 bits per heavy atom. The third-order valence-electron chi connectivity index (χ3n) is 2.67. The van der Waals surface area contributed by atoms with Gasteiger partial charge in [0.1, 0.15) is 0 Å². The highest BCUT2D eigenvalue weighted by Crippen LogP contribution is 2.25. The number of carbonyl (C=O) groups excluding carboxylic acids is 1. The SMILES string of the molecule is COCC(C)NC(=O)CCC(C)(C)CCN. The Morgan fingerprint density at radius 2 is 2.06 bits per heavy atom. The molecule has 16 heavy (non-hydrogen) atoms. The van der Waals surface area contributed by atoms with E-state index < -0.39 is 0 Å². The molecule has 4 heteroatoms. The Bertz CT molecular complexity index is 205. The number of amides is 1. The summed E-state index contributed by atoms with van der Waals surface area (Å²) in [5, 5.41) is 2.90. The quantitative estimate of drug-likeness (QED) is 0.660. The number of carbonyl (C=O) groups is 1. The van der Waals surface area contributed by atoms with E-state index in [0.29, 0.717) is 19.6 Å². The minimum Gasteiger partial charge on any atom is -0.383 e. The van der Waals surface area contributed by atoms with Gasteiger partial charge in [-0.05, 0) is 31.7 Å². The fraction of sp³-hybridized carbons (Fsp3) is 0.917. The summed E-state index contributed by atoms with van der Waals surface area (Å²) in [4.78, 5) is 11.6. The van der Waals surface area contributed by atoms with Gasteiger partial charge in [-0.3, -0.25) is 4.79 Å². The van der Waals surface area contributed by atoms with Gasteiger partial charge in [-0.1, -0.05) is 13.8 Å². The molecule has 0 radical (unpaired) electrons. The molecule has 0 aromatic carbocycles. The Labute approximate surface area is 98.9 Å². The molecule has 0 aliphatic carbocycles. The first-order valence-electron chi connectivity index (χ1n) is 5.89. The van der Waals surface area contributed by atoms with Crippen LogP contribution in [0.15, 0.2) is 0 Å². The van der Waals surface area contributed by atoms with Crippen LogP contribution < -0.4 is 11.1 Å². The van der Waals surface area contributed by atoms with Gasteiger partial charge >= 0.3 is 0 Å². The van der Waals surface area contributed by atoms with Crippen LogP contribution in [-0.4, -0.2) is 32.2 Å². The molecule has 0 saturated carbocycles. The molecular formula is C12H26N2O2. The maximum absolute atomic E-state index is 11.6. The summed E-state index contributed by atoms with van der Waals surface area (Å²) in [5.41, 5.74) is 5.67. The van der Waals surface area contributed by atoms with E-state index in [0.717, 1.165) is 12.8 Å². The van der Waals surface area contributed by atoms with Crippen LogP contribution in [0.1, 0.15) is 40.0 Å². The summed E-state index contributed by atoms with van der Waals surface area (Å²) in [6, 6.07) is 0.0788. The Balaban J connectivity index is 3.80. The zero-order valence-electron chi connectivity index (χ0n) is 11.0. The van der Waals surface area contributed by atoms with Crippen LogP contribution in [0, 0.1) is 5.41 Å². The van der Waals surface area contributed by atoms with E-state index in [9.17, 15) is 4.79 Å². The number of methoxy groups -OCH3 is 1. The van der Waals surface area contributed by atoms with Crippen molar-refractivity contribution in [2.75, 3.05) is 20.3 Å². The Hall–Kier alpha value is -0.610. The van der Waals surface area contributed by atoms with Crippen molar-refractivity contribution in [2.24, 2.45) is 11.1 Å². The predicted octanol–water partition coefficient (Wildman–Crippen LogP) is 1.29. The highest BCUT2D eigenvalue weighted by Gasteiger charge is 2.18. The fourth-order valence-electron chi connectivity index (χ4n) is 1.61. The van der Waals surface area contributed by atoms with Crippen molar-refractivity contribution in [3.8, 4) is 0 Å². The van der Waals surface area contributed by atoms with Crippen molar-refractivity contribution in [1.29, 1.82) is 0 Å². The number of ether oxygens (including phenoxy) is 1. The van der Waals surface area contributed by atoms with Gasteiger partial charge in [0.05, 0.1) is 6.61 Å². The summed E-state index contributed by atoms with van der Waals surface area (Å²) >= 11 is 0. The molecule has 0 bridgehead atoms. The monoisotopic (exact) mass is 230 g/mol. The maximum Gasteiger partial charge on any atom is 0.220 e. The van der Waals surface area contributed by atoms with Crippen molar-refractivity contribution < 1.29 is 9.53 Å². The van der Waals surface area contributed by atoms with E-state index in [4.69, 9.17) is 10.5 Å². The summed E-state index contributed by atoms with van der Waals surface area (Å²) < 4.78 is 4.96. The molecule has 1 amide bonds. The Morgan fingerprint density at radius 3 is 2.56 bits per heavy atom. The lowest BCUT2D eigenvalue weighted by Crippen LogP contribution is -2.36. The zero-order valence-corrected chi connectivity index (χ0v) is 11.0. The van der Waals surface area contributed by atoms with Gasteiger partial charge in [0, 0.05) is 19.6 Å². The van der Waals surface area contributed by atoms with Crippen LogP contribution in [0.25, 0.3) is 0 Å². The number of hydrogen-bond donors (Lipinski definition) is 2. The van der Waals surface area contributed by atoms with Crippen LogP contribution in [0.5, 0.6) is 0 Å². The first-order chi connectivity index (χ1) is 7.41. The third kappa shape index (κ3) is 7.65. The van der Waals surface area contributed by atoms with Crippen molar-refractivity contribution in [3.05, 3.63) is 0 Å². The predicted molar refractivity (Wildman–Crippen MR) is 66.2 cm³/mol. The van der Waals surface area contributed by atoms with E-state index >= 15 is 0 Å². The lowest BCUT2D eigenvalue weighted by molar-refractivity contribution is -0.122. The molecule has 0 aliphatic heterocycles. The van der Waals surface area contributed by atoms with E-state index in [1.165, 1.54) is 0 Å². The minimum absolute atomic E-state index is 0.0788. The van der Waals surface area contributed by atoms with Gasteiger partial charge in [0.2, 0.25) is 5.91 Å². The summed E-state index contributed by atoms with van der Waals surface area (Å²) in [6.45, 7) is 7.45. The largest absolute Gasteiger partial charge is 0.383 e. The van der Waals surface area contributed by atoms with Gasteiger partial charge in [-0.2, -0.15) is 0 Å². The number of nitrogens with two attached hydrogens (primary N) is 1. The van der Waals surface area contributed by atoms with Crippen LogP contribution in [0.4, 0.5) is 0 Å². The van der Waals surface area contributed by atoms with Crippen molar-refractivity contribution in [3.63, 3.8) is 0 Å². The lowest BCUT2D eigenvalue weighted by atomic mass is 9.84. The Kier molecular flexibility index (Phi) is 7.34. The van der Waals surface area contributed by atoms with Gasteiger partial charge in [0.25, 0.3) is 0 Å². The molecule has 0 fully saturated rings. The number of hydrogen-bond acceptors (Lipinski definition) is 3. The molecule has 0 aromatic rings. The van der Waals surface area contributed by atoms with Crippen molar-refractivity contribution in [2.45, 2.75) is 46.1 Å². The molecule has 0 heterocycles. The molecule has 0 aliphatic rings. The van der Waals surface area contributed by atoms with Crippen LogP contribution >= 0.6 is 0 Å². The summed E-state index contributed by atoms with van der Waals surface area (Å²) in [6.07, 6.45) is 2.38. The van der Waals surface area contributed by atoms with Crippen molar-refractivity contribution in [1.82, 2.24) is 5.32 Å².